The van der Waals surface area contributed by atoms with E-state index in [-0.39, 0.29) is 29.3 Å². The molecule has 0 spiro atoms. The minimum absolute atomic E-state index is 0.0948. The van der Waals surface area contributed by atoms with Crippen LogP contribution in [0, 0.1) is 13.8 Å². The second kappa shape index (κ2) is 7.51. The van der Waals surface area contributed by atoms with Gasteiger partial charge in [0, 0.05) is 5.56 Å². The third-order valence-electron chi connectivity index (χ3n) is 5.40. The van der Waals surface area contributed by atoms with Crippen molar-refractivity contribution < 1.29 is 22.7 Å². The smallest absolute Gasteiger partial charge is 0.333 e. The molecule has 3 rings (SSSR count). The van der Waals surface area contributed by atoms with Crippen LogP contribution in [0.1, 0.15) is 54.1 Å². The zero-order valence-electron chi connectivity index (χ0n) is 16.3. The van der Waals surface area contributed by atoms with Crippen LogP contribution in [0.2, 0.25) is 0 Å². The van der Waals surface area contributed by atoms with Crippen LogP contribution in [0.25, 0.3) is 0 Å². The summed E-state index contributed by atoms with van der Waals surface area (Å²) in [6.07, 6.45) is 1.80. The van der Waals surface area contributed by atoms with Gasteiger partial charge in [0.2, 0.25) is 0 Å². The first-order chi connectivity index (χ1) is 13.2. The average molecular weight is 400 g/mol. The van der Waals surface area contributed by atoms with Crippen molar-refractivity contribution in [2.45, 2.75) is 56.1 Å². The van der Waals surface area contributed by atoms with E-state index in [0.29, 0.717) is 24.0 Å². The summed E-state index contributed by atoms with van der Waals surface area (Å²) < 4.78 is 31.0. The summed E-state index contributed by atoms with van der Waals surface area (Å²) in [6, 6.07) is 11.4. The van der Waals surface area contributed by atoms with E-state index >= 15 is 0 Å². The van der Waals surface area contributed by atoms with Crippen molar-refractivity contribution in [2.75, 3.05) is 0 Å². The van der Waals surface area contributed by atoms with Crippen molar-refractivity contribution in [1.29, 1.82) is 0 Å². The predicted molar refractivity (Wildman–Crippen MR) is 106 cm³/mol. The predicted octanol–water partition coefficient (Wildman–Crippen LogP) is 4.20. The first kappa shape index (κ1) is 20.3. The largest absolute Gasteiger partial charge is 0.425 e. The molecule has 0 aromatic heterocycles. The first-order valence-corrected chi connectivity index (χ1v) is 10.8. The van der Waals surface area contributed by atoms with Gasteiger partial charge in [-0.3, -0.25) is 4.79 Å². The first-order valence-electron chi connectivity index (χ1n) is 9.32. The molecule has 0 aliphatic heterocycles. The van der Waals surface area contributed by atoms with Crippen molar-refractivity contribution in [3.63, 3.8) is 0 Å². The summed E-state index contributed by atoms with van der Waals surface area (Å²) in [7, 11) is -3.92. The van der Waals surface area contributed by atoms with Gasteiger partial charge in [-0.1, -0.05) is 25.0 Å². The molecule has 1 saturated carbocycles. The Morgan fingerprint density at radius 2 is 1.57 bits per heavy atom. The van der Waals surface area contributed by atoms with Crippen LogP contribution < -0.4 is 4.74 Å². The van der Waals surface area contributed by atoms with Gasteiger partial charge in [-0.25, -0.2) is 13.2 Å². The van der Waals surface area contributed by atoms with Crippen LogP contribution in [-0.2, 0) is 14.6 Å². The van der Waals surface area contributed by atoms with Gasteiger partial charge in [0.25, 0.3) is 0 Å². The molecule has 0 heterocycles. The lowest BCUT2D eigenvalue weighted by Crippen LogP contribution is -2.46. The molecule has 1 aliphatic carbocycles. The molecule has 1 aliphatic rings. The third kappa shape index (κ3) is 3.49. The Labute approximate surface area is 165 Å². The molecule has 28 heavy (non-hydrogen) atoms. The summed E-state index contributed by atoms with van der Waals surface area (Å²) >= 11 is 0. The fraction of sp³-hybridized carbons (Fsp3) is 0.364. The number of aryl methyl sites for hydroxylation is 2. The monoisotopic (exact) mass is 400 g/mol. The third-order valence-corrected chi connectivity index (χ3v) is 8.02. The number of ketones is 1. The zero-order chi connectivity index (χ0) is 20.5. The molecular weight excluding hydrogens is 376 g/mol. The fourth-order valence-corrected chi connectivity index (χ4v) is 6.03. The van der Waals surface area contributed by atoms with Gasteiger partial charge < -0.3 is 4.74 Å². The molecule has 6 heteroatoms. The highest BCUT2D eigenvalue weighted by Gasteiger charge is 2.54. The molecular formula is C22H24O5S. The maximum Gasteiger partial charge on any atom is 0.333 e. The highest BCUT2D eigenvalue weighted by atomic mass is 32.2. The number of hydrogen-bond acceptors (Lipinski definition) is 5. The van der Waals surface area contributed by atoms with Crippen LogP contribution in [0.15, 0.2) is 47.4 Å². The minimum atomic E-state index is -3.92. The van der Waals surface area contributed by atoms with Crippen LogP contribution in [0.3, 0.4) is 0 Å². The number of esters is 1. The molecule has 2 aromatic carbocycles. The highest BCUT2D eigenvalue weighted by molar-refractivity contribution is 7.93. The van der Waals surface area contributed by atoms with E-state index in [1.807, 2.05) is 13.0 Å². The number of ether oxygens (including phenoxy) is 1. The summed E-state index contributed by atoms with van der Waals surface area (Å²) in [6.45, 7) is 5.01. The minimum Gasteiger partial charge on any atom is -0.425 e. The number of Topliss-reactive ketones (excluding diaryl/α,β-unsaturated/α-hetero) is 1. The van der Waals surface area contributed by atoms with Gasteiger partial charge in [-0.2, -0.15) is 0 Å². The molecule has 0 unspecified atom stereocenters. The fourth-order valence-electron chi connectivity index (χ4n) is 3.69. The Morgan fingerprint density at radius 3 is 2.14 bits per heavy atom. The highest BCUT2D eigenvalue weighted by Crippen LogP contribution is 2.42. The Balaban J connectivity index is 1.98. The van der Waals surface area contributed by atoms with Crippen LogP contribution in [0.5, 0.6) is 5.75 Å². The Hall–Kier alpha value is -2.47. The molecule has 5 nitrogen and oxygen atoms in total. The molecule has 148 valence electrons. The molecule has 0 saturated heterocycles. The molecule has 0 N–H and O–H groups in total. The lowest BCUT2D eigenvalue weighted by Gasteiger charge is -2.27. The lowest BCUT2D eigenvalue weighted by atomic mass is 10.1. The van der Waals surface area contributed by atoms with Gasteiger partial charge in [-0.05, 0) is 75.1 Å². The van der Waals surface area contributed by atoms with E-state index in [1.165, 1.54) is 19.1 Å². The summed E-state index contributed by atoms with van der Waals surface area (Å²) in [5, 5.41) is 0. The summed E-state index contributed by atoms with van der Waals surface area (Å²) in [5.74, 6) is -0.610. The summed E-state index contributed by atoms with van der Waals surface area (Å²) in [4.78, 5) is 24.7. The van der Waals surface area contributed by atoms with Crippen molar-refractivity contribution in [2.24, 2.45) is 0 Å². The van der Waals surface area contributed by atoms with E-state index in [9.17, 15) is 18.0 Å². The van der Waals surface area contributed by atoms with Gasteiger partial charge in [0.05, 0.1) is 4.90 Å². The Bertz CT molecular complexity index is 1010. The van der Waals surface area contributed by atoms with E-state index < -0.39 is 20.6 Å². The van der Waals surface area contributed by atoms with Gasteiger partial charge in [-0.15, -0.1) is 0 Å². The maximum atomic E-state index is 13.6. The van der Waals surface area contributed by atoms with Gasteiger partial charge in [0.15, 0.2) is 20.4 Å². The average Bonchev–Trinajstić information content (AvgIpc) is 3.16. The number of carbonyl (C=O) groups is 2. The number of hydrogen-bond donors (Lipinski definition) is 0. The molecule has 0 radical (unpaired) electrons. The molecule has 2 aromatic rings. The number of sulfone groups is 1. The van der Waals surface area contributed by atoms with Crippen LogP contribution in [0.4, 0.5) is 0 Å². The number of rotatable bonds is 5. The normalized spacial score (nSPS) is 16.0. The quantitative estimate of drug-likeness (QED) is 0.427. The van der Waals surface area contributed by atoms with Crippen LogP contribution in [-0.4, -0.2) is 24.9 Å². The topological polar surface area (TPSA) is 77.5 Å². The van der Waals surface area contributed by atoms with Gasteiger partial charge in [0.1, 0.15) is 5.75 Å². The number of carbonyl (C=O) groups excluding carboxylic acids is 2. The van der Waals surface area contributed by atoms with Gasteiger partial charge >= 0.3 is 5.97 Å². The maximum absolute atomic E-state index is 13.6. The van der Waals surface area contributed by atoms with E-state index in [0.717, 1.165) is 5.56 Å². The molecule has 0 bridgehead atoms. The van der Waals surface area contributed by atoms with Crippen LogP contribution >= 0.6 is 0 Å². The van der Waals surface area contributed by atoms with E-state index in [2.05, 4.69) is 0 Å². The van der Waals surface area contributed by atoms with Crippen molar-refractivity contribution in [3.05, 3.63) is 59.2 Å². The van der Waals surface area contributed by atoms with E-state index in [1.54, 1.807) is 31.2 Å². The molecule has 0 amide bonds. The second-order valence-corrected chi connectivity index (χ2v) is 9.67. The van der Waals surface area contributed by atoms with Crippen molar-refractivity contribution >= 4 is 21.6 Å². The zero-order valence-corrected chi connectivity index (χ0v) is 17.1. The van der Waals surface area contributed by atoms with Crippen molar-refractivity contribution in [3.8, 4) is 5.75 Å². The SMILES string of the molecule is CC(=O)c1ccc(OC(=O)C2(S(=O)(=O)c3cc(C)ccc3C)CCCC2)cc1. The Morgan fingerprint density at radius 1 is 0.964 bits per heavy atom. The Kier molecular flexibility index (Phi) is 5.44. The number of benzene rings is 2. The lowest BCUT2D eigenvalue weighted by molar-refractivity contribution is -0.137. The van der Waals surface area contributed by atoms with E-state index in [4.69, 9.17) is 4.74 Å². The van der Waals surface area contributed by atoms with Crippen molar-refractivity contribution in [1.82, 2.24) is 0 Å². The second-order valence-electron chi connectivity index (χ2n) is 7.44. The molecule has 1 fully saturated rings. The standard InChI is InChI=1S/C22H24O5S/c1-15-6-7-16(2)20(14-15)28(25,26)22(12-4-5-13-22)21(24)27-19-10-8-18(9-11-19)17(3)23/h6-11,14H,4-5,12-13H2,1-3H3. The molecule has 0 atom stereocenters. The summed E-state index contributed by atoms with van der Waals surface area (Å²) in [5.41, 5.74) is 1.94.